The summed E-state index contributed by atoms with van der Waals surface area (Å²) in [5.74, 6) is 0.983. The van der Waals surface area contributed by atoms with Gasteiger partial charge in [0.15, 0.2) is 5.82 Å². The molecule has 10 heteroatoms. The lowest BCUT2D eigenvalue weighted by Gasteiger charge is -2.19. The number of pyridine rings is 1. The van der Waals surface area contributed by atoms with Crippen LogP contribution in [0.15, 0.2) is 48.5 Å². The van der Waals surface area contributed by atoms with Gasteiger partial charge in [-0.2, -0.15) is 5.48 Å². The van der Waals surface area contributed by atoms with Gasteiger partial charge in [0, 0.05) is 7.05 Å². The number of hydrogen-bond acceptors (Lipinski definition) is 8. The summed E-state index contributed by atoms with van der Waals surface area (Å²) in [4.78, 5) is 22.0. The monoisotopic (exact) mass is 411 g/mol. The van der Waals surface area contributed by atoms with Crippen LogP contribution in [0, 0.1) is 0 Å². The van der Waals surface area contributed by atoms with Crippen molar-refractivity contribution >= 4 is 11.9 Å². The second kappa shape index (κ2) is 9.42. The Morgan fingerprint density at radius 3 is 2.57 bits per heavy atom. The highest BCUT2D eigenvalue weighted by Gasteiger charge is 2.20. The van der Waals surface area contributed by atoms with Gasteiger partial charge in [-0.1, -0.05) is 36.4 Å². The van der Waals surface area contributed by atoms with Crippen LogP contribution < -0.4 is 10.8 Å². The summed E-state index contributed by atoms with van der Waals surface area (Å²) in [6.45, 7) is 5.56. The molecule has 1 aromatic carbocycles. The third-order valence-corrected chi connectivity index (χ3v) is 3.90. The highest BCUT2D eigenvalue weighted by atomic mass is 16.6. The zero-order valence-electron chi connectivity index (χ0n) is 17.4. The number of hydrogen-bond donors (Lipinski definition) is 2. The van der Waals surface area contributed by atoms with Gasteiger partial charge in [-0.15, -0.1) is 5.10 Å². The van der Waals surface area contributed by atoms with Crippen LogP contribution in [0.4, 0.5) is 10.6 Å². The number of anilines is 1. The van der Waals surface area contributed by atoms with E-state index >= 15 is 0 Å². The number of hydroxylamine groups is 1. The average molecular weight is 411 g/mol. The fourth-order valence-corrected chi connectivity index (χ4v) is 2.63. The Kier molecular flexibility index (Phi) is 6.70. The van der Waals surface area contributed by atoms with Crippen LogP contribution in [-0.2, 0) is 23.2 Å². The topological polar surface area (TPSA) is 116 Å². The fraction of sp³-hybridized carbons (Fsp3) is 0.350. The van der Waals surface area contributed by atoms with Crippen molar-refractivity contribution in [3.8, 4) is 0 Å². The Labute approximate surface area is 174 Å². The molecule has 0 radical (unpaired) electrons. The molecule has 1 unspecified atom stereocenters. The minimum atomic E-state index is -0.587. The smallest absolute Gasteiger partial charge is 0.413 e. The van der Waals surface area contributed by atoms with Gasteiger partial charge in [0.2, 0.25) is 0 Å². The van der Waals surface area contributed by atoms with E-state index in [0.717, 1.165) is 5.56 Å². The highest BCUT2D eigenvalue weighted by molar-refractivity contribution is 5.83. The number of aryl methyl sites for hydroxylation is 1. The summed E-state index contributed by atoms with van der Waals surface area (Å²) in [7, 11) is 1.76. The zero-order valence-corrected chi connectivity index (χ0v) is 17.4. The van der Waals surface area contributed by atoms with E-state index in [4.69, 9.17) is 9.57 Å². The SMILES string of the molecule is Cn1nnnc1C(NOCc1cccc(NC(=O)OC(C)(C)C)n1)c1ccccc1. The first-order valence-electron chi connectivity index (χ1n) is 9.42. The van der Waals surface area contributed by atoms with Gasteiger partial charge >= 0.3 is 6.09 Å². The maximum Gasteiger partial charge on any atom is 0.413 e. The van der Waals surface area contributed by atoms with E-state index in [1.54, 1.807) is 50.7 Å². The summed E-state index contributed by atoms with van der Waals surface area (Å²) in [6.07, 6.45) is -0.565. The standard InChI is InChI=1S/C20H25N7O3/c1-20(2,3)30-19(28)22-16-12-8-11-15(21-16)13-29-24-17(14-9-6-5-7-10-14)18-23-25-26-27(18)4/h5-12,17,24H,13H2,1-4H3,(H,21,22,28). The van der Waals surface area contributed by atoms with Gasteiger partial charge in [0.05, 0.1) is 5.69 Å². The molecule has 2 N–H and O–H groups in total. The van der Waals surface area contributed by atoms with E-state index in [1.165, 1.54) is 0 Å². The number of benzene rings is 1. The first-order valence-corrected chi connectivity index (χ1v) is 9.42. The molecule has 0 aliphatic heterocycles. The van der Waals surface area contributed by atoms with E-state index < -0.39 is 11.7 Å². The van der Waals surface area contributed by atoms with Crippen LogP contribution in [0.25, 0.3) is 0 Å². The lowest BCUT2D eigenvalue weighted by atomic mass is 10.1. The molecule has 0 bridgehead atoms. The van der Waals surface area contributed by atoms with Crippen LogP contribution in [-0.4, -0.2) is 36.9 Å². The van der Waals surface area contributed by atoms with E-state index in [1.807, 2.05) is 30.3 Å². The van der Waals surface area contributed by atoms with Crippen LogP contribution in [0.1, 0.15) is 43.9 Å². The molecule has 0 aliphatic rings. The molecular weight excluding hydrogens is 386 g/mol. The summed E-state index contributed by atoms with van der Waals surface area (Å²) < 4.78 is 6.82. The number of carbonyl (C=O) groups excluding carboxylic acids is 1. The van der Waals surface area contributed by atoms with Crippen LogP contribution in [0.3, 0.4) is 0 Å². The van der Waals surface area contributed by atoms with Crippen molar-refractivity contribution in [1.82, 2.24) is 30.7 Å². The molecule has 0 aliphatic carbocycles. The number of amides is 1. The molecule has 2 aromatic heterocycles. The molecule has 0 spiro atoms. The number of ether oxygens (including phenoxy) is 1. The van der Waals surface area contributed by atoms with Crippen LogP contribution >= 0.6 is 0 Å². The molecule has 10 nitrogen and oxygen atoms in total. The van der Waals surface area contributed by atoms with Crippen molar-refractivity contribution < 1.29 is 14.4 Å². The lowest BCUT2D eigenvalue weighted by molar-refractivity contribution is 0.00750. The van der Waals surface area contributed by atoms with E-state index in [0.29, 0.717) is 17.3 Å². The van der Waals surface area contributed by atoms with Crippen LogP contribution in [0.2, 0.25) is 0 Å². The molecule has 0 saturated heterocycles. The second-order valence-corrected chi connectivity index (χ2v) is 7.55. The van der Waals surface area contributed by atoms with Gasteiger partial charge in [-0.3, -0.25) is 10.2 Å². The van der Waals surface area contributed by atoms with E-state index in [-0.39, 0.29) is 12.6 Å². The molecule has 3 aromatic rings. The number of tetrazole rings is 1. The first-order chi connectivity index (χ1) is 14.3. The number of aromatic nitrogens is 5. The normalized spacial score (nSPS) is 12.4. The Morgan fingerprint density at radius 1 is 1.13 bits per heavy atom. The lowest BCUT2D eigenvalue weighted by Crippen LogP contribution is -2.27. The van der Waals surface area contributed by atoms with Crippen molar-refractivity contribution in [2.24, 2.45) is 7.05 Å². The third-order valence-electron chi connectivity index (χ3n) is 3.90. The average Bonchev–Trinajstić information content (AvgIpc) is 3.10. The number of nitrogens with zero attached hydrogens (tertiary/aromatic N) is 5. The van der Waals surface area contributed by atoms with Crippen molar-refractivity contribution in [3.63, 3.8) is 0 Å². The number of carbonyl (C=O) groups is 1. The fourth-order valence-electron chi connectivity index (χ4n) is 2.63. The van der Waals surface area contributed by atoms with Gasteiger partial charge in [0.25, 0.3) is 0 Å². The summed E-state index contributed by atoms with van der Waals surface area (Å²) in [5.41, 5.74) is 3.99. The first kappa shape index (κ1) is 21.3. The Balaban J connectivity index is 1.63. The molecule has 1 atom stereocenters. The molecule has 0 fully saturated rings. The van der Waals surface area contributed by atoms with Gasteiger partial charge in [0.1, 0.15) is 24.1 Å². The van der Waals surface area contributed by atoms with Gasteiger partial charge < -0.3 is 4.74 Å². The molecule has 158 valence electrons. The van der Waals surface area contributed by atoms with Crippen LogP contribution in [0.5, 0.6) is 0 Å². The minimum absolute atomic E-state index is 0.165. The van der Waals surface area contributed by atoms with E-state index in [2.05, 4.69) is 31.3 Å². The number of nitrogens with one attached hydrogen (secondary N) is 2. The zero-order chi connectivity index (χ0) is 21.6. The second-order valence-electron chi connectivity index (χ2n) is 7.55. The molecule has 30 heavy (non-hydrogen) atoms. The quantitative estimate of drug-likeness (QED) is 0.570. The van der Waals surface area contributed by atoms with E-state index in [9.17, 15) is 4.79 Å². The van der Waals surface area contributed by atoms with Crippen molar-refractivity contribution in [2.75, 3.05) is 5.32 Å². The predicted octanol–water partition coefficient (Wildman–Crippen LogP) is 2.76. The minimum Gasteiger partial charge on any atom is -0.444 e. The van der Waals surface area contributed by atoms with Crippen molar-refractivity contribution in [1.29, 1.82) is 0 Å². The summed E-state index contributed by atoms with van der Waals surface area (Å²) in [6, 6.07) is 14.6. The summed E-state index contributed by atoms with van der Waals surface area (Å²) >= 11 is 0. The number of rotatable bonds is 7. The maximum atomic E-state index is 11.9. The third kappa shape index (κ3) is 6.06. The molecule has 1 amide bonds. The highest BCUT2D eigenvalue weighted by Crippen LogP contribution is 2.19. The largest absolute Gasteiger partial charge is 0.444 e. The summed E-state index contributed by atoms with van der Waals surface area (Å²) in [5, 5.41) is 14.3. The Morgan fingerprint density at radius 2 is 1.90 bits per heavy atom. The van der Waals surface area contributed by atoms with Gasteiger partial charge in [-0.05, 0) is 48.9 Å². The molecular formula is C20H25N7O3. The molecule has 3 rings (SSSR count). The van der Waals surface area contributed by atoms with Gasteiger partial charge in [-0.25, -0.2) is 14.5 Å². The molecule has 0 saturated carbocycles. The van der Waals surface area contributed by atoms with Crippen molar-refractivity contribution in [2.45, 2.75) is 39.0 Å². The predicted molar refractivity (Wildman–Crippen MR) is 109 cm³/mol. The Hall–Kier alpha value is -3.37. The Bertz CT molecular complexity index is 970. The van der Waals surface area contributed by atoms with Crippen molar-refractivity contribution in [3.05, 3.63) is 65.6 Å². The molecule has 2 heterocycles. The maximum absolute atomic E-state index is 11.9.